The zero-order chi connectivity index (χ0) is 23.8. The number of carbonyl (C=O) groups is 2. The monoisotopic (exact) mass is 457 g/mol. The summed E-state index contributed by atoms with van der Waals surface area (Å²) in [6.45, 7) is 10.4. The van der Waals surface area contributed by atoms with Crippen molar-refractivity contribution in [3.05, 3.63) is 29.3 Å². The van der Waals surface area contributed by atoms with E-state index in [0.29, 0.717) is 18.0 Å². The summed E-state index contributed by atoms with van der Waals surface area (Å²) in [5.41, 5.74) is 2.66. The van der Waals surface area contributed by atoms with Gasteiger partial charge < -0.3 is 14.9 Å². The lowest BCUT2D eigenvalue weighted by Crippen LogP contribution is -2.38. The summed E-state index contributed by atoms with van der Waals surface area (Å²) in [6.07, 6.45) is 8.69. The summed E-state index contributed by atoms with van der Waals surface area (Å²) in [5.74, 6) is 0.683. The summed E-state index contributed by atoms with van der Waals surface area (Å²) in [4.78, 5) is 32.1. The van der Waals surface area contributed by atoms with E-state index < -0.39 is 0 Å². The lowest BCUT2D eigenvalue weighted by atomic mass is 10.0. The largest absolute Gasteiger partial charge is 0.394 e. The van der Waals surface area contributed by atoms with Gasteiger partial charge in [-0.05, 0) is 74.9 Å². The molecule has 3 rings (SSSR count). The molecule has 2 aliphatic heterocycles. The normalized spacial score (nSPS) is 20.9. The smallest absolute Gasteiger partial charge is 0.254 e. The maximum absolute atomic E-state index is 13.3. The fourth-order valence-corrected chi connectivity index (χ4v) is 5.10. The first-order chi connectivity index (χ1) is 15.9. The van der Waals surface area contributed by atoms with E-state index in [1.807, 2.05) is 28.0 Å². The maximum Gasteiger partial charge on any atom is 0.254 e. The van der Waals surface area contributed by atoms with E-state index in [1.165, 1.54) is 19.3 Å². The molecule has 1 fully saturated rings. The lowest BCUT2D eigenvalue weighted by molar-refractivity contribution is -0.116. The van der Waals surface area contributed by atoms with Crippen LogP contribution in [-0.4, -0.2) is 65.5 Å². The van der Waals surface area contributed by atoms with Gasteiger partial charge >= 0.3 is 0 Å². The van der Waals surface area contributed by atoms with Crippen LogP contribution in [0.1, 0.15) is 88.1 Å². The summed E-state index contributed by atoms with van der Waals surface area (Å²) in [6, 6.07) is 5.76. The zero-order valence-electron chi connectivity index (χ0n) is 20.9. The van der Waals surface area contributed by atoms with Gasteiger partial charge in [-0.15, -0.1) is 0 Å². The minimum atomic E-state index is -0.0882. The van der Waals surface area contributed by atoms with Crippen molar-refractivity contribution < 1.29 is 14.7 Å². The third-order valence-corrected chi connectivity index (χ3v) is 7.12. The number of benzene rings is 1. The number of hydrogen-bond acceptors (Lipinski definition) is 4. The number of amides is 2. The number of rotatable bonds is 5. The van der Waals surface area contributed by atoms with Crippen LogP contribution in [0.2, 0.25) is 0 Å². The minimum Gasteiger partial charge on any atom is -0.394 e. The number of anilines is 1. The van der Waals surface area contributed by atoms with Crippen LogP contribution in [0.3, 0.4) is 0 Å². The van der Waals surface area contributed by atoms with Crippen LogP contribution >= 0.6 is 0 Å². The van der Waals surface area contributed by atoms with Crippen LogP contribution < -0.4 is 4.90 Å². The third-order valence-electron chi connectivity index (χ3n) is 7.12. The van der Waals surface area contributed by atoms with E-state index in [1.54, 1.807) is 6.92 Å². The molecule has 6 nitrogen and oxygen atoms in total. The summed E-state index contributed by atoms with van der Waals surface area (Å²) >= 11 is 0. The van der Waals surface area contributed by atoms with Crippen molar-refractivity contribution in [2.45, 2.75) is 84.7 Å². The molecule has 1 atom stereocenters. The highest BCUT2D eigenvalue weighted by Crippen LogP contribution is 2.28. The Balaban J connectivity index is 1.95. The standard InChI is InChI=1S/C27H43N3O3/c1-21(2)13-17-28-14-7-5-4-6-8-15-29(22(3)32)26-12-11-23(18-24(26)19-28)27(33)30-16-9-10-25(30)20-31/h11-12,18,21,25,31H,4-10,13-17,19-20H2,1-3H3. The molecule has 33 heavy (non-hydrogen) atoms. The molecule has 0 radical (unpaired) electrons. The Morgan fingerprint density at radius 3 is 2.45 bits per heavy atom. The molecular formula is C27H43N3O3. The second-order valence-electron chi connectivity index (χ2n) is 10.2. The Labute approximate surface area is 199 Å². The first kappa shape index (κ1) is 25.7. The number of carbonyl (C=O) groups excluding carboxylic acids is 2. The van der Waals surface area contributed by atoms with E-state index >= 15 is 0 Å². The molecule has 1 unspecified atom stereocenters. The quantitative estimate of drug-likeness (QED) is 0.710. The minimum absolute atomic E-state index is 0.0106. The predicted molar refractivity (Wildman–Crippen MR) is 133 cm³/mol. The molecular weight excluding hydrogens is 414 g/mol. The molecule has 6 heteroatoms. The van der Waals surface area contributed by atoms with Gasteiger partial charge in [-0.25, -0.2) is 0 Å². The van der Waals surface area contributed by atoms with Crippen LogP contribution in [0.4, 0.5) is 5.69 Å². The highest BCUT2D eigenvalue weighted by molar-refractivity contribution is 5.97. The van der Waals surface area contributed by atoms with Crippen LogP contribution in [0.15, 0.2) is 18.2 Å². The van der Waals surface area contributed by atoms with Crippen molar-refractivity contribution in [2.75, 3.05) is 37.7 Å². The van der Waals surface area contributed by atoms with Gasteiger partial charge in [0.15, 0.2) is 0 Å². The van der Waals surface area contributed by atoms with Crippen molar-refractivity contribution in [2.24, 2.45) is 5.92 Å². The number of likely N-dealkylation sites (tertiary alicyclic amines) is 1. The van der Waals surface area contributed by atoms with Gasteiger partial charge in [0, 0.05) is 37.8 Å². The van der Waals surface area contributed by atoms with E-state index in [-0.39, 0.29) is 24.5 Å². The molecule has 0 bridgehead atoms. The first-order valence-corrected chi connectivity index (χ1v) is 13.0. The van der Waals surface area contributed by atoms with Gasteiger partial charge in [0.05, 0.1) is 12.6 Å². The van der Waals surface area contributed by atoms with Gasteiger partial charge in [-0.3, -0.25) is 14.5 Å². The molecule has 2 heterocycles. The lowest BCUT2D eigenvalue weighted by Gasteiger charge is -2.30. The van der Waals surface area contributed by atoms with Gasteiger partial charge in [-0.1, -0.05) is 33.1 Å². The van der Waals surface area contributed by atoms with Crippen LogP contribution in [-0.2, 0) is 11.3 Å². The van der Waals surface area contributed by atoms with E-state index in [4.69, 9.17) is 0 Å². The molecule has 1 aromatic rings. The molecule has 184 valence electrons. The van der Waals surface area contributed by atoms with Gasteiger partial charge in [0.2, 0.25) is 5.91 Å². The maximum atomic E-state index is 13.3. The SMILES string of the molecule is CC(=O)N1CCCCCCCN(CCC(C)C)Cc2cc(C(=O)N3CCCC3CO)ccc21. The van der Waals surface area contributed by atoms with E-state index in [2.05, 4.69) is 18.7 Å². The molecule has 0 saturated carbocycles. The number of aliphatic hydroxyl groups is 1. The van der Waals surface area contributed by atoms with Crippen molar-refractivity contribution in [3.8, 4) is 0 Å². The molecule has 1 N–H and O–H groups in total. The fraction of sp³-hybridized carbons (Fsp3) is 0.704. The topological polar surface area (TPSA) is 64.1 Å². The highest BCUT2D eigenvalue weighted by Gasteiger charge is 2.29. The van der Waals surface area contributed by atoms with Crippen molar-refractivity contribution >= 4 is 17.5 Å². The summed E-state index contributed by atoms with van der Waals surface area (Å²) in [7, 11) is 0. The van der Waals surface area contributed by atoms with Crippen LogP contribution in [0.5, 0.6) is 0 Å². The first-order valence-electron chi connectivity index (χ1n) is 13.0. The summed E-state index contributed by atoms with van der Waals surface area (Å²) < 4.78 is 0. The molecule has 2 amide bonds. The Bertz CT molecular complexity index is 795. The second-order valence-corrected chi connectivity index (χ2v) is 10.2. The number of fused-ring (bicyclic) bond motifs is 1. The molecule has 1 aromatic carbocycles. The van der Waals surface area contributed by atoms with E-state index in [0.717, 1.165) is 69.5 Å². The molecule has 1 saturated heterocycles. The Morgan fingerprint density at radius 1 is 1.03 bits per heavy atom. The number of nitrogens with zero attached hydrogens (tertiary/aromatic N) is 3. The highest BCUT2D eigenvalue weighted by atomic mass is 16.3. The van der Waals surface area contributed by atoms with Crippen molar-refractivity contribution in [1.29, 1.82) is 0 Å². The molecule has 0 spiro atoms. The van der Waals surface area contributed by atoms with Gasteiger partial charge in [-0.2, -0.15) is 0 Å². The van der Waals surface area contributed by atoms with Crippen molar-refractivity contribution in [1.82, 2.24) is 9.80 Å². The molecule has 0 aliphatic carbocycles. The Hall–Kier alpha value is -1.92. The van der Waals surface area contributed by atoms with Crippen LogP contribution in [0.25, 0.3) is 0 Å². The Kier molecular flexibility index (Phi) is 9.75. The Morgan fingerprint density at radius 2 is 1.76 bits per heavy atom. The van der Waals surface area contributed by atoms with Gasteiger partial charge in [0.1, 0.15) is 0 Å². The third kappa shape index (κ3) is 7.03. The van der Waals surface area contributed by atoms with Crippen LogP contribution in [0, 0.1) is 5.92 Å². The second kappa shape index (κ2) is 12.5. The fourth-order valence-electron chi connectivity index (χ4n) is 5.10. The van der Waals surface area contributed by atoms with E-state index in [9.17, 15) is 14.7 Å². The molecule has 0 aromatic heterocycles. The van der Waals surface area contributed by atoms with Crippen molar-refractivity contribution in [3.63, 3.8) is 0 Å². The number of hydrogen-bond donors (Lipinski definition) is 1. The molecule has 2 aliphatic rings. The zero-order valence-corrected chi connectivity index (χ0v) is 20.9. The average Bonchev–Trinajstić information content (AvgIpc) is 3.26. The average molecular weight is 458 g/mol. The van der Waals surface area contributed by atoms with Gasteiger partial charge in [0.25, 0.3) is 5.91 Å². The predicted octanol–water partition coefficient (Wildman–Crippen LogP) is 4.45. The summed E-state index contributed by atoms with van der Waals surface area (Å²) in [5, 5.41) is 9.69. The number of aliphatic hydroxyl groups excluding tert-OH is 1.